The number of benzene rings is 1. The number of hydrogen-bond donors (Lipinski definition) is 2. The number of anilines is 1. The van der Waals surface area contributed by atoms with Crippen molar-refractivity contribution in [2.24, 2.45) is 0 Å². The van der Waals surface area contributed by atoms with E-state index in [0.29, 0.717) is 5.69 Å². The fourth-order valence-electron chi connectivity index (χ4n) is 2.87. The normalized spacial score (nSPS) is 22.2. The molecule has 2 fully saturated rings. The molecule has 1 aliphatic heterocycles. The maximum atomic E-state index is 11.0. The smallest absolute Gasteiger partial charge is 0.342 e. The monoisotopic (exact) mass is 291 g/mol. The van der Waals surface area contributed by atoms with E-state index >= 15 is 0 Å². The van der Waals surface area contributed by atoms with Gasteiger partial charge in [-0.15, -0.1) is 0 Å². The van der Waals surface area contributed by atoms with E-state index in [9.17, 15) is 14.9 Å². The van der Waals surface area contributed by atoms with E-state index in [1.165, 1.54) is 25.0 Å². The predicted molar refractivity (Wildman–Crippen MR) is 76.7 cm³/mol. The molecule has 7 heteroatoms. The van der Waals surface area contributed by atoms with Crippen molar-refractivity contribution < 1.29 is 14.8 Å². The molecule has 1 heterocycles. The Morgan fingerprint density at radius 2 is 2.14 bits per heavy atom. The molecule has 2 aliphatic rings. The van der Waals surface area contributed by atoms with E-state index in [2.05, 4.69) is 10.2 Å². The molecule has 7 nitrogen and oxygen atoms in total. The Labute approximate surface area is 121 Å². The zero-order chi connectivity index (χ0) is 15.0. The molecule has 0 aromatic heterocycles. The van der Waals surface area contributed by atoms with Gasteiger partial charge in [-0.1, -0.05) is 0 Å². The number of likely N-dealkylation sites (tertiary alicyclic amines) is 1. The van der Waals surface area contributed by atoms with Crippen LogP contribution >= 0.6 is 0 Å². The first-order valence-corrected chi connectivity index (χ1v) is 7.07. The highest BCUT2D eigenvalue weighted by Crippen LogP contribution is 2.31. The number of nitro benzene ring substituents is 1. The van der Waals surface area contributed by atoms with Crippen LogP contribution in [0, 0.1) is 10.1 Å². The van der Waals surface area contributed by atoms with Crippen LogP contribution in [0.15, 0.2) is 18.2 Å². The lowest BCUT2D eigenvalue weighted by Gasteiger charge is -2.16. The van der Waals surface area contributed by atoms with Crippen LogP contribution in [0.1, 0.15) is 29.6 Å². The zero-order valence-electron chi connectivity index (χ0n) is 11.5. The topological polar surface area (TPSA) is 95.7 Å². The maximum Gasteiger partial charge on any atom is 0.342 e. The Morgan fingerprint density at radius 1 is 1.38 bits per heavy atom. The molecule has 1 saturated carbocycles. The van der Waals surface area contributed by atoms with Crippen molar-refractivity contribution in [3.63, 3.8) is 0 Å². The molecule has 1 aromatic carbocycles. The third kappa shape index (κ3) is 2.97. The summed E-state index contributed by atoms with van der Waals surface area (Å²) >= 11 is 0. The summed E-state index contributed by atoms with van der Waals surface area (Å²) in [4.78, 5) is 23.7. The molecule has 0 bridgehead atoms. The Hall–Kier alpha value is -2.15. The summed E-state index contributed by atoms with van der Waals surface area (Å²) in [6, 6.07) is 5.18. The van der Waals surface area contributed by atoms with Gasteiger partial charge in [0.1, 0.15) is 5.56 Å². The summed E-state index contributed by atoms with van der Waals surface area (Å²) in [5.74, 6) is -1.28. The van der Waals surface area contributed by atoms with Crippen molar-refractivity contribution in [1.29, 1.82) is 0 Å². The van der Waals surface area contributed by atoms with Crippen molar-refractivity contribution >= 4 is 17.3 Å². The van der Waals surface area contributed by atoms with Crippen LogP contribution < -0.4 is 5.32 Å². The Bertz CT molecular complexity index is 586. The minimum atomic E-state index is -1.28. The van der Waals surface area contributed by atoms with Gasteiger partial charge in [-0.3, -0.25) is 15.0 Å². The van der Waals surface area contributed by atoms with Gasteiger partial charge in [-0.25, -0.2) is 4.79 Å². The molecule has 1 atom stereocenters. The van der Waals surface area contributed by atoms with E-state index in [1.54, 1.807) is 6.07 Å². The molecule has 1 aliphatic carbocycles. The van der Waals surface area contributed by atoms with Crippen molar-refractivity contribution in [2.45, 2.75) is 31.3 Å². The number of carboxylic acid groups (broad SMARTS) is 1. The van der Waals surface area contributed by atoms with E-state index < -0.39 is 10.9 Å². The lowest BCUT2D eigenvalue weighted by molar-refractivity contribution is -0.385. The predicted octanol–water partition coefficient (Wildman–Crippen LogP) is 1.94. The summed E-state index contributed by atoms with van der Waals surface area (Å²) in [5, 5.41) is 23.2. The fourth-order valence-corrected chi connectivity index (χ4v) is 2.87. The molecule has 3 rings (SSSR count). The van der Waals surface area contributed by atoms with Gasteiger partial charge in [0.05, 0.1) is 4.92 Å². The molecular weight excluding hydrogens is 274 g/mol. The average molecular weight is 291 g/mol. The number of carboxylic acids is 1. The van der Waals surface area contributed by atoms with Crippen LogP contribution in [-0.2, 0) is 0 Å². The number of hydrogen-bond acceptors (Lipinski definition) is 5. The quantitative estimate of drug-likeness (QED) is 0.636. The average Bonchev–Trinajstić information content (AvgIpc) is 3.19. The van der Waals surface area contributed by atoms with Crippen molar-refractivity contribution in [3.8, 4) is 0 Å². The van der Waals surface area contributed by atoms with Gasteiger partial charge < -0.3 is 10.4 Å². The minimum absolute atomic E-state index is 0.265. The summed E-state index contributed by atoms with van der Waals surface area (Å²) < 4.78 is 0. The highest BCUT2D eigenvalue weighted by atomic mass is 16.6. The fraction of sp³-hybridized carbons (Fsp3) is 0.500. The molecule has 0 spiro atoms. The van der Waals surface area contributed by atoms with Gasteiger partial charge >= 0.3 is 5.97 Å². The molecule has 1 aromatic rings. The number of carbonyl (C=O) groups is 1. The number of rotatable bonds is 5. The number of nitrogens with one attached hydrogen (secondary N) is 1. The molecule has 1 unspecified atom stereocenters. The first-order chi connectivity index (χ1) is 10.0. The molecule has 112 valence electrons. The highest BCUT2D eigenvalue weighted by Gasteiger charge is 2.34. The number of nitro groups is 1. The van der Waals surface area contributed by atoms with Crippen LogP contribution in [0.25, 0.3) is 0 Å². The lowest BCUT2D eigenvalue weighted by Crippen LogP contribution is -2.27. The maximum absolute atomic E-state index is 11.0. The van der Waals surface area contributed by atoms with E-state index in [-0.39, 0.29) is 17.3 Å². The van der Waals surface area contributed by atoms with Gasteiger partial charge in [-0.05, 0) is 31.4 Å². The number of aromatic carboxylic acids is 1. The summed E-state index contributed by atoms with van der Waals surface area (Å²) in [6.07, 6.45) is 3.54. The van der Waals surface area contributed by atoms with E-state index in [1.807, 2.05) is 0 Å². The van der Waals surface area contributed by atoms with Crippen molar-refractivity contribution in [1.82, 2.24) is 4.90 Å². The second-order valence-electron chi connectivity index (χ2n) is 5.65. The van der Waals surface area contributed by atoms with Gasteiger partial charge in [0.25, 0.3) is 5.69 Å². The second kappa shape index (κ2) is 5.33. The van der Waals surface area contributed by atoms with Crippen LogP contribution in [0.5, 0.6) is 0 Å². The van der Waals surface area contributed by atoms with Crippen molar-refractivity contribution in [3.05, 3.63) is 33.9 Å². The first kappa shape index (κ1) is 13.8. The lowest BCUT2D eigenvalue weighted by atomic mass is 10.1. The molecular formula is C14H17N3O4. The van der Waals surface area contributed by atoms with Crippen molar-refractivity contribution in [2.75, 3.05) is 18.4 Å². The zero-order valence-corrected chi connectivity index (χ0v) is 11.5. The molecule has 1 saturated heterocycles. The Balaban J connectivity index is 1.72. The third-order valence-electron chi connectivity index (χ3n) is 4.08. The molecule has 0 amide bonds. The number of nitrogens with zero attached hydrogens (tertiary/aromatic N) is 2. The van der Waals surface area contributed by atoms with E-state index in [0.717, 1.165) is 25.6 Å². The molecule has 0 radical (unpaired) electrons. The Morgan fingerprint density at radius 3 is 2.76 bits per heavy atom. The van der Waals surface area contributed by atoms with Crippen LogP contribution in [0.3, 0.4) is 0 Å². The second-order valence-corrected chi connectivity index (χ2v) is 5.65. The minimum Gasteiger partial charge on any atom is -0.477 e. The van der Waals surface area contributed by atoms with Gasteiger partial charge in [-0.2, -0.15) is 0 Å². The van der Waals surface area contributed by atoms with Gasteiger partial charge in [0.15, 0.2) is 0 Å². The third-order valence-corrected chi connectivity index (χ3v) is 4.08. The molecule has 2 N–H and O–H groups in total. The standard InChI is InChI=1S/C14H17N3O4/c18-14(19)12-4-1-9(7-13(12)17(20)21)15-10-5-6-16(8-10)11-2-3-11/h1,4,7,10-11,15H,2-3,5-6,8H2,(H,18,19). The van der Waals surface area contributed by atoms with E-state index in [4.69, 9.17) is 5.11 Å². The molecule has 21 heavy (non-hydrogen) atoms. The SMILES string of the molecule is O=C(O)c1ccc(NC2CCN(C3CC3)C2)cc1[N+](=O)[O-]. The van der Waals surface area contributed by atoms with Gasteiger partial charge in [0.2, 0.25) is 0 Å². The summed E-state index contributed by atoms with van der Waals surface area (Å²) in [6.45, 7) is 2.00. The van der Waals surface area contributed by atoms with Crippen LogP contribution in [0.4, 0.5) is 11.4 Å². The summed E-state index contributed by atoms with van der Waals surface area (Å²) in [7, 11) is 0. The summed E-state index contributed by atoms with van der Waals surface area (Å²) in [5.41, 5.74) is -0.0459. The Kier molecular flexibility index (Phi) is 3.50. The highest BCUT2D eigenvalue weighted by molar-refractivity contribution is 5.93. The van der Waals surface area contributed by atoms with Crippen LogP contribution in [0.2, 0.25) is 0 Å². The van der Waals surface area contributed by atoms with Gasteiger partial charge in [0, 0.05) is 36.9 Å². The first-order valence-electron chi connectivity index (χ1n) is 7.07. The van der Waals surface area contributed by atoms with Crippen LogP contribution in [-0.4, -0.2) is 46.1 Å². The largest absolute Gasteiger partial charge is 0.477 e.